The van der Waals surface area contributed by atoms with Crippen LogP contribution in [0.4, 0.5) is 4.79 Å². The number of amides is 2. The molecule has 1 fully saturated rings. The lowest BCUT2D eigenvalue weighted by molar-refractivity contribution is -0.143. The molecule has 4 rings (SSSR count). The van der Waals surface area contributed by atoms with Gasteiger partial charge in [-0.3, -0.25) is 4.79 Å². The van der Waals surface area contributed by atoms with Crippen molar-refractivity contribution >= 4 is 18.0 Å². The van der Waals surface area contributed by atoms with E-state index in [0.717, 1.165) is 22.3 Å². The number of carbonyl (C=O) groups is 3. The van der Waals surface area contributed by atoms with Crippen LogP contribution in [-0.2, 0) is 19.1 Å². The number of carbonyl (C=O) groups excluding carboxylic acids is 2. The Morgan fingerprint density at radius 3 is 2.28 bits per heavy atom. The molecule has 2 aliphatic carbocycles. The van der Waals surface area contributed by atoms with E-state index in [4.69, 9.17) is 14.6 Å². The van der Waals surface area contributed by atoms with E-state index in [1.807, 2.05) is 24.3 Å². The topological polar surface area (TPSA) is 114 Å². The molecule has 2 aromatic carbocycles. The first-order chi connectivity index (χ1) is 15.5. The Morgan fingerprint density at radius 1 is 1.06 bits per heavy atom. The van der Waals surface area contributed by atoms with E-state index in [0.29, 0.717) is 13.0 Å². The van der Waals surface area contributed by atoms with E-state index in [2.05, 4.69) is 34.9 Å². The molecule has 2 aliphatic rings. The van der Waals surface area contributed by atoms with E-state index in [1.54, 1.807) is 0 Å². The third kappa shape index (κ3) is 4.60. The maximum atomic E-state index is 12.3. The summed E-state index contributed by atoms with van der Waals surface area (Å²) in [6, 6.07) is 15.2. The van der Waals surface area contributed by atoms with Gasteiger partial charge in [0.1, 0.15) is 6.61 Å². The van der Waals surface area contributed by atoms with Gasteiger partial charge in [0.2, 0.25) is 5.91 Å². The van der Waals surface area contributed by atoms with Crippen LogP contribution in [0.2, 0.25) is 0 Å². The second-order valence-corrected chi connectivity index (χ2v) is 8.16. The van der Waals surface area contributed by atoms with Gasteiger partial charge in [-0.05, 0) is 34.6 Å². The Bertz CT molecular complexity index is 978. The van der Waals surface area contributed by atoms with Crippen molar-refractivity contribution in [2.24, 2.45) is 11.8 Å². The highest BCUT2D eigenvalue weighted by molar-refractivity contribution is 5.87. The molecule has 2 amide bonds. The minimum absolute atomic E-state index is 0.0127. The first-order valence-corrected chi connectivity index (χ1v) is 10.6. The number of aliphatic carboxylic acids is 1. The van der Waals surface area contributed by atoms with Crippen LogP contribution in [0.1, 0.15) is 23.5 Å². The normalized spacial score (nSPS) is 19.4. The largest absolute Gasteiger partial charge is 0.480 e. The fourth-order valence-electron chi connectivity index (χ4n) is 4.28. The minimum Gasteiger partial charge on any atom is -0.480 e. The number of carboxylic acids is 1. The molecule has 0 heterocycles. The first-order valence-electron chi connectivity index (χ1n) is 10.6. The van der Waals surface area contributed by atoms with Crippen LogP contribution in [0.5, 0.6) is 0 Å². The SMILES string of the molecule is COC[C@H](NC(=O)[C@@H]1C[C@@H]1CNC(=O)OCC1c2ccccc2-c2ccccc21)C(=O)O. The lowest BCUT2D eigenvalue weighted by Gasteiger charge is -2.15. The van der Waals surface area contributed by atoms with Crippen LogP contribution in [0.15, 0.2) is 48.5 Å². The van der Waals surface area contributed by atoms with Crippen LogP contribution in [-0.4, -0.2) is 56.0 Å². The van der Waals surface area contributed by atoms with E-state index >= 15 is 0 Å². The highest BCUT2D eigenvalue weighted by atomic mass is 16.5. The Kier molecular flexibility index (Phi) is 6.41. The molecule has 0 aliphatic heterocycles. The van der Waals surface area contributed by atoms with Crippen LogP contribution >= 0.6 is 0 Å². The van der Waals surface area contributed by atoms with Gasteiger partial charge in [-0.1, -0.05) is 48.5 Å². The zero-order chi connectivity index (χ0) is 22.7. The molecule has 0 radical (unpaired) electrons. The van der Waals surface area contributed by atoms with Crippen molar-refractivity contribution in [3.63, 3.8) is 0 Å². The van der Waals surface area contributed by atoms with Crippen LogP contribution in [0.25, 0.3) is 11.1 Å². The monoisotopic (exact) mass is 438 g/mol. The fourth-order valence-corrected chi connectivity index (χ4v) is 4.28. The van der Waals surface area contributed by atoms with Gasteiger partial charge in [0.05, 0.1) is 6.61 Å². The van der Waals surface area contributed by atoms with Crippen LogP contribution in [0.3, 0.4) is 0 Å². The summed E-state index contributed by atoms with van der Waals surface area (Å²) in [6.45, 7) is 0.430. The Labute approximate surface area is 185 Å². The van der Waals surface area contributed by atoms with Gasteiger partial charge in [0, 0.05) is 25.5 Å². The summed E-state index contributed by atoms with van der Waals surface area (Å²) in [5.74, 6) is -1.85. The fraction of sp³-hybridized carbons (Fsp3) is 0.375. The molecule has 8 heteroatoms. The number of hydrogen-bond acceptors (Lipinski definition) is 5. The van der Waals surface area contributed by atoms with Crippen molar-refractivity contribution < 1.29 is 29.0 Å². The summed E-state index contributed by atoms with van der Waals surface area (Å²) in [5.41, 5.74) is 4.61. The summed E-state index contributed by atoms with van der Waals surface area (Å²) >= 11 is 0. The van der Waals surface area contributed by atoms with Crippen molar-refractivity contribution in [3.05, 3.63) is 59.7 Å². The Morgan fingerprint density at radius 2 is 1.69 bits per heavy atom. The van der Waals surface area contributed by atoms with E-state index in [-0.39, 0.29) is 36.9 Å². The van der Waals surface area contributed by atoms with E-state index < -0.39 is 18.1 Å². The molecule has 1 saturated carbocycles. The molecule has 3 atom stereocenters. The van der Waals surface area contributed by atoms with Crippen molar-refractivity contribution in [2.45, 2.75) is 18.4 Å². The maximum absolute atomic E-state index is 12.3. The lowest BCUT2D eigenvalue weighted by Crippen LogP contribution is -2.44. The zero-order valence-electron chi connectivity index (χ0n) is 17.7. The van der Waals surface area contributed by atoms with Gasteiger partial charge in [-0.2, -0.15) is 0 Å². The molecule has 0 saturated heterocycles. The molecular formula is C24H26N2O6. The van der Waals surface area contributed by atoms with E-state index in [9.17, 15) is 14.4 Å². The molecule has 0 aromatic heterocycles. The predicted molar refractivity (Wildman–Crippen MR) is 116 cm³/mol. The molecular weight excluding hydrogens is 412 g/mol. The van der Waals surface area contributed by atoms with E-state index in [1.165, 1.54) is 7.11 Å². The molecule has 2 aromatic rings. The van der Waals surface area contributed by atoms with Crippen molar-refractivity contribution in [1.29, 1.82) is 0 Å². The number of fused-ring (bicyclic) bond motifs is 3. The van der Waals surface area contributed by atoms with Crippen molar-refractivity contribution in [2.75, 3.05) is 26.9 Å². The second-order valence-electron chi connectivity index (χ2n) is 8.16. The summed E-state index contributed by atoms with van der Waals surface area (Å²) in [7, 11) is 1.38. The van der Waals surface area contributed by atoms with Crippen LogP contribution in [0, 0.1) is 11.8 Å². The van der Waals surface area contributed by atoms with Gasteiger partial charge < -0.3 is 25.2 Å². The third-order valence-electron chi connectivity index (χ3n) is 6.06. The number of methoxy groups -OCH3 is 1. The molecule has 8 nitrogen and oxygen atoms in total. The number of carboxylic acid groups (broad SMARTS) is 1. The highest BCUT2D eigenvalue weighted by Gasteiger charge is 2.44. The molecule has 168 valence electrons. The molecule has 0 spiro atoms. The second kappa shape index (κ2) is 9.40. The summed E-state index contributed by atoms with van der Waals surface area (Å²) < 4.78 is 10.3. The zero-order valence-corrected chi connectivity index (χ0v) is 17.7. The Balaban J connectivity index is 1.25. The quantitative estimate of drug-likeness (QED) is 0.554. The van der Waals surface area contributed by atoms with Gasteiger partial charge >= 0.3 is 12.1 Å². The maximum Gasteiger partial charge on any atom is 0.407 e. The number of ether oxygens (including phenoxy) is 2. The summed E-state index contributed by atoms with van der Waals surface area (Å²) in [4.78, 5) is 35.6. The van der Waals surface area contributed by atoms with Gasteiger partial charge in [0.15, 0.2) is 6.04 Å². The van der Waals surface area contributed by atoms with Gasteiger partial charge in [-0.15, -0.1) is 0 Å². The summed E-state index contributed by atoms with van der Waals surface area (Å²) in [6.07, 6.45) is 0.0650. The number of benzene rings is 2. The average Bonchev–Trinajstić information content (AvgIpc) is 3.51. The van der Waals surface area contributed by atoms with Crippen LogP contribution < -0.4 is 10.6 Å². The van der Waals surface area contributed by atoms with Gasteiger partial charge in [0.25, 0.3) is 0 Å². The number of rotatable bonds is 9. The smallest absolute Gasteiger partial charge is 0.407 e. The average molecular weight is 438 g/mol. The third-order valence-corrected chi connectivity index (χ3v) is 6.06. The highest BCUT2D eigenvalue weighted by Crippen LogP contribution is 2.44. The standard InChI is InChI=1S/C24H26N2O6/c1-31-13-21(23(28)29)26-22(27)19-10-14(19)11-25-24(30)32-12-20-17-8-4-2-6-15(17)16-7-3-5-9-18(16)20/h2-9,14,19-21H,10-13H2,1H3,(H,25,30)(H,26,27)(H,28,29)/t14-,19-,21+/m1/s1. The number of alkyl carbamates (subject to hydrolysis) is 1. The first kappa shape index (κ1) is 21.8. The Hall–Kier alpha value is -3.39. The minimum atomic E-state index is -1.14. The number of hydrogen-bond donors (Lipinski definition) is 3. The van der Waals surface area contributed by atoms with Crippen molar-refractivity contribution in [1.82, 2.24) is 10.6 Å². The molecule has 3 N–H and O–H groups in total. The predicted octanol–water partition coefficient (Wildman–Crippen LogP) is 2.38. The molecule has 0 bridgehead atoms. The summed E-state index contributed by atoms with van der Waals surface area (Å²) in [5, 5.41) is 14.3. The lowest BCUT2D eigenvalue weighted by atomic mass is 9.98. The van der Waals surface area contributed by atoms with Crippen molar-refractivity contribution in [3.8, 4) is 11.1 Å². The number of nitrogens with one attached hydrogen (secondary N) is 2. The van der Waals surface area contributed by atoms with Gasteiger partial charge in [-0.25, -0.2) is 9.59 Å². The molecule has 32 heavy (non-hydrogen) atoms. The molecule has 0 unspecified atom stereocenters.